The first kappa shape index (κ1) is 24.7. The Kier molecular flexibility index (Phi) is 8.79. The van der Waals surface area contributed by atoms with Crippen molar-refractivity contribution >= 4 is 17.2 Å². The number of nitrogens with zero attached hydrogens (tertiary/aromatic N) is 2. The van der Waals surface area contributed by atoms with Crippen molar-refractivity contribution in [1.29, 1.82) is 0 Å². The molecule has 0 atom stereocenters. The Morgan fingerprint density at radius 1 is 1.12 bits per heavy atom. The molecule has 0 radical (unpaired) electrons. The van der Waals surface area contributed by atoms with Crippen LogP contribution in [0.15, 0.2) is 47.8 Å². The zero-order valence-corrected chi connectivity index (χ0v) is 19.9. The lowest BCUT2D eigenvalue weighted by Crippen LogP contribution is -2.31. The molecule has 176 valence electrons. The summed E-state index contributed by atoms with van der Waals surface area (Å²) in [4.78, 5) is 19.0. The highest BCUT2D eigenvalue weighted by molar-refractivity contribution is 7.09. The first-order chi connectivity index (χ1) is 15.9. The smallest absolute Gasteiger partial charge is 0.223 e. The topological polar surface area (TPSA) is 71.9 Å². The van der Waals surface area contributed by atoms with Gasteiger partial charge in [-0.2, -0.15) is 0 Å². The molecule has 1 heterocycles. The summed E-state index contributed by atoms with van der Waals surface area (Å²) in [6.45, 7) is 4.92. The molecule has 0 fully saturated rings. The van der Waals surface area contributed by atoms with E-state index in [-0.39, 0.29) is 30.9 Å². The monoisotopic (exact) mass is 472 g/mol. The quantitative estimate of drug-likeness (QED) is 0.428. The van der Waals surface area contributed by atoms with Crippen LogP contribution in [0.1, 0.15) is 42.1 Å². The molecule has 0 saturated heterocycles. The van der Waals surface area contributed by atoms with Gasteiger partial charge in [-0.1, -0.05) is 32.0 Å². The highest BCUT2D eigenvalue weighted by Crippen LogP contribution is 2.30. The lowest BCUT2D eigenvalue weighted by atomic mass is 10.1. The molecule has 1 amide bonds. The molecule has 0 aliphatic carbocycles. The normalized spacial score (nSPS) is 11.0. The Balaban J connectivity index is 1.77. The van der Waals surface area contributed by atoms with E-state index in [9.17, 15) is 14.3 Å². The van der Waals surface area contributed by atoms with E-state index in [4.69, 9.17) is 9.47 Å². The number of methoxy groups -OCH3 is 1. The van der Waals surface area contributed by atoms with Crippen molar-refractivity contribution in [3.8, 4) is 11.5 Å². The number of rotatable bonds is 11. The van der Waals surface area contributed by atoms with Gasteiger partial charge in [0.25, 0.3) is 0 Å². The van der Waals surface area contributed by atoms with Crippen LogP contribution < -0.4 is 9.47 Å². The number of hydrogen-bond acceptors (Lipinski definition) is 6. The molecule has 6 nitrogen and oxygen atoms in total. The zero-order valence-electron chi connectivity index (χ0n) is 19.1. The summed E-state index contributed by atoms with van der Waals surface area (Å²) in [6.07, 6.45) is 0.429. The van der Waals surface area contributed by atoms with Crippen molar-refractivity contribution < 1.29 is 23.8 Å². The summed E-state index contributed by atoms with van der Waals surface area (Å²) >= 11 is 1.42. The third-order valence-electron chi connectivity index (χ3n) is 4.94. The number of halogens is 1. The molecule has 0 aliphatic rings. The van der Waals surface area contributed by atoms with Gasteiger partial charge >= 0.3 is 0 Å². The van der Waals surface area contributed by atoms with E-state index in [0.717, 1.165) is 16.1 Å². The zero-order chi connectivity index (χ0) is 23.8. The minimum absolute atomic E-state index is 0.0342. The van der Waals surface area contributed by atoms with Gasteiger partial charge in [0.05, 0.1) is 19.4 Å². The molecule has 0 spiro atoms. The van der Waals surface area contributed by atoms with E-state index in [2.05, 4.69) is 4.98 Å². The molecule has 8 heteroatoms. The molecule has 0 bridgehead atoms. The highest BCUT2D eigenvalue weighted by Gasteiger charge is 2.17. The molecule has 1 aromatic heterocycles. The highest BCUT2D eigenvalue weighted by atomic mass is 32.1. The largest absolute Gasteiger partial charge is 0.493 e. The maximum Gasteiger partial charge on any atom is 0.223 e. The number of aromatic nitrogens is 1. The molecular formula is C25H29FN2O4S. The van der Waals surface area contributed by atoms with Crippen molar-refractivity contribution in [3.05, 3.63) is 75.5 Å². The van der Waals surface area contributed by atoms with Crippen molar-refractivity contribution in [3.63, 3.8) is 0 Å². The van der Waals surface area contributed by atoms with Gasteiger partial charge in [-0.25, -0.2) is 9.37 Å². The molecule has 0 unspecified atom stereocenters. The molecule has 0 aliphatic heterocycles. The fraction of sp³-hybridized carbons (Fsp3) is 0.360. The average Bonchev–Trinajstić information content (AvgIpc) is 3.26. The third kappa shape index (κ3) is 7.27. The second-order valence-corrected chi connectivity index (χ2v) is 9.08. The van der Waals surface area contributed by atoms with Crippen molar-refractivity contribution in [2.24, 2.45) is 5.92 Å². The van der Waals surface area contributed by atoms with Gasteiger partial charge in [0.2, 0.25) is 5.91 Å². The number of aliphatic hydroxyl groups excluding tert-OH is 1. The van der Waals surface area contributed by atoms with E-state index in [0.29, 0.717) is 36.7 Å². The van der Waals surface area contributed by atoms with Crippen molar-refractivity contribution in [2.75, 3.05) is 7.11 Å². The van der Waals surface area contributed by atoms with Crippen LogP contribution in [0.25, 0.3) is 0 Å². The molecular weight excluding hydrogens is 443 g/mol. The number of ether oxygens (including phenoxy) is 2. The van der Waals surface area contributed by atoms with Gasteiger partial charge in [-0.3, -0.25) is 4.79 Å². The fourth-order valence-corrected chi connectivity index (χ4v) is 4.00. The summed E-state index contributed by atoms with van der Waals surface area (Å²) < 4.78 is 24.7. The van der Waals surface area contributed by atoms with Gasteiger partial charge in [0.15, 0.2) is 11.5 Å². The van der Waals surface area contributed by atoms with Crippen LogP contribution in [0.5, 0.6) is 11.5 Å². The average molecular weight is 473 g/mol. The Morgan fingerprint density at radius 3 is 2.45 bits per heavy atom. The predicted octanol–water partition coefficient (Wildman–Crippen LogP) is 4.94. The van der Waals surface area contributed by atoms with E-state index < -0.39 is 0 Å². The SMILES string of the molecule is COc1ccc(CN(Cc2ccc(F)cc2)C(=O)CC(C)C)cc1OCc1nc(CO)cs1. The fourth-order valence-electron chi connectivity index (χ4n) is 3.30. The van der Waals surface area contributed by atoms with Gasteiger partial charge in [0, 0.05) is 24.9 Å². The Morgan fingerprint density at radius 2 is 1.82 bits per heavy atom. The second kappa shape index (κ2) is 11.8. The van der Waals surface area contributed by atoms with Crippen molar-refractivity contribution in [2.45, 2.75) is 46.6 Å². The van der Waals surface area contributed by atoms with E-state index in [1.165, 1.54) is 23.5 Å². The minimum atomic E-state index is -0.304. The number of amides is 1. The molecule has 3 rings (SSSR count). The van der Waals surface area contributed by atoms with Crippen molar-refractivity contribution in [1.82, 2.24) is 9.88 Å². The first-order valence-corrected chi connectivity index (χ1v) is 11.6. The van der Waals surface area contributed by atoms with Gasteiger partial charge in [-0.05, 0) is 41.3 Å². The first-order valence-electron chi connectivity index (χ1n) is 10.7. The van der Waals surface area contributed by atoms with Gasteiger partial charge in [0.1, 0.15) is 17.4 Å². The predicted molar refractivity (Wildman–Crippen MR) is 125 cm³/mol. The number of hydrogen-bond donors (Lipinski definition) is 1. The standard InChI is InChI=1S/C25H29FN2O4S/c1-17(2)10-25(30)28(12-18-4-7-20(26)8-5-18)13-19-6-9-22(31-3)23(11-19)32-15-24-27-21(14-29)16-33-24/h4-9,11,16-17,29H,10,12-15H2,1-3H3. The molecule has 2 aromatic carbocycles. The van der Waals surface area contributed by atoms with E-state index in [1.54, 1.807) is 29.5 Å². The maximum atomic E-state index is 13.3. The van der Waals surface area contributed by atoms with Crippen LogP contribution in [-0.4, -0.2) is 28.0 Å². The van der Waals surface area contributed by atoms with Crippen LogP contribution >= 0.6 is 11.3 Å². The Bertz CT molecular complexity index is 1050. The molecule has 3 aromatic rings. The number of benzene rings is 2. The summed E-state index contributed by atoms with van der Waals surface area (Å²) in [6, 6.07) is 11.8. The summed E-state index contributed by atoms with van der Waals surface area (Å²) in [5, 5.41) is 11.7. The van der Waals surface area contributed by atoms with Crippen LogP contribution in [0, 0.1) is 11.7 Å². The number of carbonyl (C=O) groups excluding carboxylic acids is 1. The second-order valence-electron chi connectivity index (χ2n) is 8.14. The van der Waals surface area contributed by atoms with E-state index >= 15 is 0 Å². The van der Waals surface area contributed by atoms with Crippen LogP contribution in [0.3, 0.4) is 0 Å². The van der Waals surface area contributed by atoms with Gasteiger partial charge in [-0.15, -0.1) is 11.3 Å². The van der Waals surface area contributed by atoms with Crippen LogP contribution in [0.4, 0.5) is 4.39 Å². The maximum absolute atomic E-state index is 13.3. The number of aliphatic hydroxyl groups is 1. The lowest BCUT2D eigenvalue weighted by molar-refractivity contribution is -0.133. The summed E-state index contributed by atoms with van der Waals surface area (Å²) in [5.74, 6) is 1.09. The number of carbonyl (C=O) groups is 1. The summed E-state index contributed by atoms with van der Waals surface area (Å²) in [7, 11) is 1.57. The summed E-state index contributed by atoms with van der Waals surface area (Å²) in [5.41, 5.74) is 2.36. The Labute approximate surface area is 197 Å². The van der Waals surface area contributed by atoms with Crippen LogP contribution in [-0.2, 0) is 31.1 Å². The molecule has 0 saturated carbocycles. The van der Waals surface area contributed by atoms with Crippen LogP contribution in [0.2, 0.25) is 0 Å². The van der Waals surface area contributed by atoms with E-state index in [1.807, 2.05) is 32.0 Å². The lowest BCUT2D eigenvalue weighted by Gasteiger charge is -2.24. The Hall–Kier alpha value is -2.97. The van der Waals surface area contributed by atoms with Gasteiger partial charge < -0.3 is 19.5 Å². The minimum Gasteiger partial charge on any atom is -0.493 e. The molecule has 33 heavy (non-hydrogen) atoms. The number of thiazole rings is 1. The third-order valence-corrected chi connectivity index (χ3v) is 5.81. The molecule has 1 N–H and O–H groups in total.